The van der Waals surface area contributed by atoms with Crippen molar-refractivity contribution in [3.05, 3.63) is 58.1 Å². The lowest BCUT2D eigenvalue weighted by atomic mass is 10.1. The van der Waals surface area contributed by atoms with E-state index in [1.807, 2.05) is 4.90 Å². The van der Waals surface area contributed by atoms with Gasteiger partial charge >= 0.3 is 6.09 Å². The molecule has 10 nitrogen and oxygen atoms in total. The van der Waals surface area contributed by atoms with Gasteiger partial charge in [-0.25, -0.2) is 4.79 Å². The standard InChI is InChI=1S/C23H27N3O7/c1-31-21-16-19(10-11-20(21)22(27)25-13-3-2-4-14-25)32-15-5-12-24-23(28)33-18-8-6-17(7-9-18)26(29)30/h6-11,16H,2-5,12-15H2,1H3,(H,24,28). The minimum absolute atomic E-state index is 0.0335. The molecule has 0 bridgehead atoms. The van der Waals surface area contributed by atoms with Gasteiger partial charge in [0.1, 0.15) is 17.2 Å². The Morgan fingerprint density at radius 2 is 1.76 bits per heavy atom. The summed E-state index contributed by atoms with van der Waals surface area (Å²) in [5, 5.41) is 13.2. The summed E-state index contributed by atoms with van der Waals surface area (Å²) < 4.78 is 16.2. The van der Waals surface area contributed by atoms with Crippen LogP contribution in [0.2, 0.25) is 0 Å². The van der Waals surface area contributed by atoms with E-state index < -0.39 is 11.0 Å². The van der Waals surface area contributed by atoms with Gasteiger partial charge in [0.15, 0.2) is 0 Å². The summed E-state index contributed by atoms with van der Waals surface area (Å²) in [7, 11) is 1.52. The molecular weight excluding hydrogens is 430 g/mol. The fraction of sp³-hybridized carbons (Fsp3) is 0.391. The summed E-state index contributed by atoms with van der Waals surface area (Å²) in [6.07, 6.45) is 3.05. The first-order valence-electron chi connectivity index (χ1n) is 10.8. The van der Waals surface area contributed by atoms with E-state index >= 15 is 0 Å². The van der Waals surface area contributed by atoms with Gasteiger partial charge in [-0.15, -0.1) is 0 Å². The van der Waals surface area contributed by atoms with Gasteiger partial charge in [-0.1, -0.05) is 0 Å². The normalized spacial score (nSPS) is 13.2. The number of nitro groups is 1. The maximum atomic E-state index is 12.8. The number of benzene rings is 2. The molecule has 1 saturated heterocycles. The molecule has 0 spiro atoms. The summed E-state index contributed by atoms with van der Waals surface area (Å²) >= 11 is 0. The highest BCUT2D eigenvalue weighted by molar-refractivity contribution is 5.97. The second-order valence-corrected chi connectivity index (χ2v) is 7.48. The fourth-order valence-electron chi connectivity index (χ4n) is 3.44. The average Bonchev–Trinajstić information content (AvgIpc) is 2.84. The molecule has 10 heteroatoms. The molecule has 0 atom stereocenters. The molecule has 1 fully saturated rings. The maximum Gasteiger partial charge on any atom is 0.412 e. The number of methoxy groups -OCH3 is 1. The van der Waals surface area contributed by atoms with Crippen molar-refractivity contribution in [3.63, 3.8) is 0 Å². The number of nitrogens with one attached hydrogen (secondary N) is 1. The summed E-state index contributed by atoms with van der Waals surface area (Å²) in [5.74, 6) is 1.21. The van der Waals surface area contributed by atoms with Crippen LogP contribution in [0.5, 0.6) is 17.2 Å². The van der Waals surface area contributed by atoms with E-state index in [-0.39, 0.29) is 17.3 Å². The van der Waals surface area contributed by atoms with Crippen molar-refractivity contribution < 1.29 is 28.7 Å². The van der Waals surface area contributed by atoms with Crippen LogP contribution in [0.3, 0.4) is 0 Å². The molecule has 0 aromatic heterocycles. The van der Waals surface area contributed by atoms with Crippen molar-refractivity contribution >= 4 is 17.7 Å². The Morgan fingerprint density at radius 1 is 1.06 bits per heavy atom. The summed E-state index contributed by atoms with van der Waals surface area (Å²) in [4.78, 5) is 36.5. The van der Waals surface area contributed by atoms with Gasteiger partial charge in [-0.05, 0) is 49.9 Å². The van der Waals surface area contributed by atoms with Crippen LogP contribution in [0.1, 0.15) is 36.0 Å². The zero-order valence-electron chi connectivity index (χ0n) is 18.5. The zero-order chi connectivity index (χ0) is 23.6. The highest BCUT2D eigenvalue weighted by Gasteiger charge is 2.21. The van der Waals surface area contributed by atoms with Crippen molar-refractivity contribution in [2.75, 3.05) is 33.4 Å². The molecule has 0 unspecified atom stereocenters. The molecule has 176 valence electrons. The van der Waals surface area contributed by atoms with Crippen molar-refractivity contribution in [2.24, 2.45) is 0 Å². The van der Waals surface area contributed by atoms with E-state index in [1.54, 1.807) is 18.2 Å². The Kier molecular flexibility index (Phi) is 8.45. The smallest absolute Gasteiger partial charge is 0.412 e. The van der Waals surface area contributed by atoms with E-state index in [9.17, 15) is 19.7 Å². The molecule has 0 radical (unpaired) electrons. The Morgan fingerprint density at radius 3 is 2.42 bits per heavy atom. The number of non-ortho nitro benzene ring substituents is 1. The van der Waals surface area contributed by atoms with Gasteiger partial charge in [0, 0.05) is 37.8 Å². The molecule has 2 amide bonds. The molecule has 0 aliphatic carbocycles. The quantitative estimate of drug-likeness (QED) is 0.345. The van der Waals surface area contributed by atoms with Gasteiger partial charge in [0.05, 0.1) is 24.2 Å². The molecular formula is C23H27N3O7. The first-order valence-corrected chi connectivity index (χ1v) is 10.8. The van der Waals surface area contributed by atoms with Gasteiger partial charge in [-0.3, -0.25) is 14.9 Å². The van der Waals surface area contributed by atoms with Crippen LogP contribution in [-0.2, 0) is 0 Å². The molecule has 33 heavy (non-hydrogen) atoms. The highest BCUT2D eigenvalue weighted by atomic mass is 16.6. The zero-order valence-corrected chi connectivity index (χ0v) is 18.5. The lowest BCUT2D eigenvalue weighted by Gasteiger charge is -2.27. The van der Waals surface area contributed by atoms with Crippen LogP contribution in [-0.4, -0.2) is 55.2 Å². The van der Waals surface area contributed by atoms with Gasteiger partial charge in [-0.2, -0.15) is 0 Å². The molecule has 0 saturated carbocycles. The SMILES string of the molecule is COc1cc(OCCCNC(=O)Oc2ccc([N+](=O)[O-])cc2)ccc1C(=O)N1CCCCC1. The fourth-order valence-corrected chi connectivity index (χ4v) is 3.44. The number of ether oxygens (including phenoxy) is 3. The number of amides is 2. The number of hydrogen-bond donors (Lipinski definition) is 1. The third-order valence-electron chi connectivity index (χ3n) is 5.16. The van der Waals surface area contributed by atoms with Crippen LogP contribution in [0.25, 0.3) is 0 Å². The molecule has 1 N–H and O–H groups in total. The number of nitrogens with zero attached hydrogens (tertiary/aromatic N) is 2. The van der Waals surface area contributed by atoms with E-state index in [2.05, 4.69) is 5.32 Å². The Balaban J connectivity index is 1.41. The van der Waals surface area contributed by atoms with Gasteiger partial charge in [0.25, 0.3) is 11.6 Å². The first-order chi connectivity index (χ1) is 16.0. The average molecular weight is 457 g/mol. The molecule has 2 aromatic rings. The minimum atomic E-state index is -0.661. The number of hydrogen-bond acceptors (Lipinski definition) is 7. The summed E-state index contributed by atoms with van der Waals surface area (Å²) in [6, 6.07) is 10.4. The predicted molar refractivity (Wildman–Crippen MR) is 120 cm³/mol. The number of nitro benzene ring substituents is 1. The first kappa shape index (κ1) is 23.8. The lowest BCUT2D eigenvalue weighted by molar-refractivity contribution is -0.384. The number of carbonyl (C=O) groups is 2. The van der Waals surface area contributed by atoms with Crippen LogP contribution in [0.15, 0.2) is 42.5 Å². The molecule has 1 heterocycles. The van der Waals surface area contributed by atoms with Crippen LogP contribution in [0, 0.1) is 10.1 Å². The van der Waals surface area contributed by atoms with E-state index in [4.69, 9.17) is 14.2 Å². The molecule has 1 aliphatic heterocycles. The largest absolute Gasteiger partial charge is 0.496 e. The summed E-state index contributed by atoms with van der Waals surface area (Å²) in [6.45, 7) is 2.18. The molecule has 2 aromatic carbocycles. The number of likely N-dealkylation sites (tertiary alicyclic amines) is 1. The maximum absolute atomic E-state index is 12.8. The lowest BCUT2D eigenvalue weighted by Crippen LogP contribution is -2.35. The molecule has 1 aliphatic rings. The minimum Gasteiger partial charge on any atom is -0.496 e. The Hall–Kier alpha value is -3.82. The van der Waals surface area contributed by atoms with Crippen molar-refractivity contribution in [2.45, 2.75) is 25.7 Å². The van der Waals surface area contributed by atoms with Crippen molar-refractivity contribution in [1.82, 2.24) is 10.2 Å². The van der Waals surface area contributed by atoms with E-state index in [0.29, 0.717) is 36.6 Å². The predicted octanol–water partition coefficient (Wildman–Crippen LogP) is 3.79. The summed E-state index contributed by atoms with van der Waals surface area (Å²) in [5.41, 5.74) is 0.433. The Labute approximate surface area is 191 Å². The third kappa shape index (κ3) is 6.83. The monoisotopic (exact) mass is 457 g/mol. The van der Waals surface area contributed by atoms with Gasteiger partial charge in [0.2, 0.25) is 0 Å². The third-order valence-corrected chi connectivity index (χ3v) is 5.16. The topological polar surface area (TPSA) is 120 Å². The number of carbonyl (C=O) groups excluding carboxylic acids is 2. The van der Waals surface area contributed by atoms with Crippen molar-refractivity contribution in [3.8, 4) is 17.2 Å². The van der Waals surface area contributed by atoms with Gasteiger partial charge < -0.3 is 24.4 Å². The van der Waals surface area contributed by atoms with E-state index in [0.717, 1.165) is 32.4 Å². The van der Waals surface area contributed by atoms with Crippen LogP contribution < -0.4 is 19.5 Å². The Bertz CT molecular complexity index is 973. The number of piperidine rings is 1. The highest BCUT2D eigenvalue weighted by Crippen LogP contribution is 2.27. The molecule has 3 rings (SSSR count). The second kappa shape index (κ2) is 11.7. The number of rotatable bonds is 9. The van der Waals surface area contributed by atoms with E-state index in [1.165, 1.54) is 31.4 Å². The van der Waals surface area contributed by atoms with Crippen molar-refractivity contribution in [1.29, 1.82) is 0 Å². The second-order valence-electron chi connectivity index (χ2n) is 7.48. The van der Waals surface area contributed by atoms with Crippen LogP contribution in [0.4, 0.5) is 10.5 Å². The van der Waals surface area contributed by atoms with Crippen LogP contribution >= 0.6 is 0 Å².